The molecule has 0 bridgehead atoms. The summed E-state index contributed by atoms with van der Waals surface area (Å²) in [5.74, 6) is 1.71. The molecule has 3 nitrogen and oxygen atoms in total. The van der Waals surface area contributed by atoms with E-state index in [1.165, 1.54) is 42.6 Å². The minimum Gasteiger partial charge on any atom is -0.311 e. The van der Waals surface area contributed by atoms with Crippen molar-refractivity contribution in [3.8, 4) is 0 Å². The van der Waals surface area contributed by atoms with E-state index in [1.54, 1.807) is 0 Å². The Labute approximate surface area is 122 Å². The number of hydrogen-bond donors (Lipinski definition) is 1. The number of aromatic nitrogens is 2. The van der Waals surface area contributed by atoms with E-state index in [9.17, 15) is 0 Å². The van der Waals surface area contributed by atoms with Crippen LogP contribution in [0.5, 0.6) is 0 Å². The number of aryl methyl sites for hydroxylation is 1. The summed E-state index contributed by atoms with van der Waals surface area (Å²) in [5.41, 5.74) is 4.50. The van der Waals surface area contributed by atoms with Crippen molar-refractivity contribution in [2.24, 2.45) is 5.41 Å². The van der Waals surface area contributed by atoms with Crippen LogP contribution in [-0.4, -0.2) is 16.5 Å². The summed E-state index contributed by atoms with van der Waals surface area (Å²) in [4.78, 5) is 9.86. The van der Waals surface area contributed by atoms with Crippen molar-refractivity contribution in [2.75, 3.05) is 6.54 Å². The summed E-state index contributed by atoms with van der Waals surface area (Å²) in [7, 11) is 0. The molecule has 20 heavy (non-hydrogen) atoms. The Hall–Kier alpha value is -0.960. The average molecular weight is 273 g/mol. The first-order valence-electron chi connectivity index (χ1n) is 8.18. The maximum atomic E-state index is 4.94. The Bertz CT molecular complexity index is 466. The van der Waals surface area contributed by atoms with E-state index < -0.39 is 0 Å². The van der Waals surface area contributed by atoms with Crippen LogP contribution >= 0.6 is 0 Å². The molecule has 1 aliphatic heterocycles. The molecule has 1 fully saturated rings. The predicted molar refractivity (Wildman–Crippen MR) is 81.8 cm³/mol. The van der Waals surface area contributed by atoms with Crippen LogP contribution in [0.4, 0.5) is 0 Å². The molecule has 3 heteroatoms. The molecule has 2 aliphatic rings. The highest BCUT2D eigenvalue weighted by molar-refractivity contribution is 5.29. The number of hydrogen-bond acceptors (Lipinski definition) is 3. The first-order valence-corrected chi connectivity index (χ1v) is 8.18. The fraction of sp³-hybridized carbons (Fsp3) is 0.765. The van der Waals surface area contributed by atoms with E-state index in [1.807, 2.05) is 0 Å². The van der Waals surface area contributed by atoms with Crippen molar-refractivity contribution in [1.29, 1.82) is 0 Å². The number of nitrogens with one attached hydrogen (secondary N) is 1. The maximum absolute atomic E-state index is 4.94. The van der Waals surface area contributed by atoms with Gasteiger partial charge < -0.3 is 5.32 Å². The van der Waals surface area contributed by atoms with Crippen molar-refractivity contribution in [3.63, 3.8) is 0 Å². The second kappa shape index (κ2) is 5.44. The summed E-state index contributed by atoms with van der Waals surface area (Å²) in [6, 6.07) is 0. The van der Waals surface area contributed by atoms with E-state index in [4.69, 9.17) is 9.97 Å². The topological polar surface area (TPSA) is 37.8 Å². The molecule has 1 saturated carbocycles. The van der Waals surface area contributed by atoms with Crippen LogP contribution in [-0.2, 0) is 19.4 Å². The molecule has 0 aromatic carbocycles. The highest BCUT2D eigenvalue weighted by Gasteiger charge is 2.30. The van der Waals surface area contributed by atoms with Gasteiger partial charge in [0.15, 0.2) is 0 Å². The quantitative estimate of drug-likeness (QED) is 0.897. The second-order valence-electron chi connectivity index (χ2n) is 7.17. The summed E-state index contributed by atoms with van der Waals surface area (Å²) in [6.07, 6.45) is 7.24. The monoisotopic (exact) mass is 273 g/mol. The lowest BCUT2D eigenvalue weighted by atomic mass is 9.73. The third-order valence-corrected chi connectivity index (χ3v) is 5.08. The van der Waals surface area contributed by atoms with E-state index >= 15 is 0 Å². The highest BCUT2D eigenvalue weighted by atomic mass is 15.0. The zero-order valence-electron chi connectivity index (χ0n) is 13.1. The number of fused-ring (bicyclic) bond motifs is 1. The van der Waals surface area contributed by atoms with Crippen LogP contribution in [0.3, 0.4) is 0 Å². The number of nitrogens with zero attached hydrogens (tertiary/aromatic N) is 2. The lowest BCUT2D eigenvalue weighted by Crippen LogP contribution is -2.28. The predicted octanol–water partition coefficient (Wildman–Crippen LogP) is 3.37. The van der Waals surface area contributed by atoms with Crippen LogP contribution in [0.15, 0.2) is 0 Å². The van der Waals surface area contributed by atoms with Crippen molar-refractivity contribution in [1.82, 2.24) is 15.3 Å². The van der Waals surface area contributed by atoms with Crippen molar-refractivity contribution >= 4 is 0 Å². The molecule has 110 valence electrons. The molecule has 0 unspecified atom stereocenters. The number of rotatable bonds is 2. The Morgan fingerprint density at radius 3 is 2.65 bits per heavy atom. The van der Waals surface area contributed by atoms with E-state index in [2.05, 4.69) is 26.1 Å². The summed E-state index contributed by atoms with van der Waals surface area (Å²) < 4.78 is 0. The van der Waals surface area contributed by atoms with Gasteiger partial charge in [-0.3, -0.25) is 0 Å². The summed E-state index contributed by atoms with van der Waals surface area (Å²) in [6.45, 7) is 8.99. The Kier molecular flexibility index (Phi) is 3.80. The van der Waals surface area contributed by atoms with Gasteiger partial charge in [-0.2, -0.15) is 0 Å². The van der Waals surface area contributed by atoms with Crippen LogP contribution < -0.4 is 5.32 Å². The van der Waals surface area contributed by atoms with E-state index in [0.717, 1.165) is 31.8 Å². The minimum atomic E-state index is 0.514. The lowest BCUT2D eigenvalue weighted by Gasteiger charge is -2.34. The van der Waals surface area contributed by atoms with Gasteiger partial charge in [0.05, 0.1) is 5.69 Å². The molecular weight excluding hydrogens is 246 g/mol. The van der Waals surface area contributed by atoms with Crippen LogP contribution in [0, 0.1) is 5.41 Å². The molecular formula is C17H27N3. The SMILES string of the molecule is CCc1nc(C2CCC(C)(C)CC2)nc2c1CCNC2. The van der Waals surface area contributed by atoms with Crippen LogP contribution in [0.25, 0.3) is 0 Å². The molecule has 1 aromatic rings. The van der Waals surface area contributed by atoms with Gasteiger partial charge in [-0.15, -0.1) is 0 Å². The van der Waals surface area contributed by atoms with E-state index in [-0.39, 0.29) is 0 Å². The van der Waals surface area contributed by atoms with Gasteiger partial charge in [-0.1, -0.05) is 20.8 Å². The van der Waals surface area contributed by atoms with Gasteiger partial charge in [-0.05, 0) is 56.0 Å². The molecule has 0 atom stereocenters. The molecule has 0 amide bonds. The molecule has 1 aliphatic carbocycles. The summed E-state index contributed by atoms with van der Waals surface area (Å²) in [5, 5.41) is 3.45. The Morgan fingerprint density at radius 1 is 1.20 bits per heavy atom. The fourth-order valence-corrected chi connectivity index (χ4v) is 3.59. The van der Waals surface area contributed by atoms with Gasteiger partial charge in [0.1, 0.15) is 5.82 Å². The molecule has 0 saturated heterocycles. The van der Waals surface area contributed by atoms with Gasteiger partial charge >= 0.3 is 0 Å². The fourth-order valence-electron chi connectivity index (χ4n) is 3.59. The van der Waals surface area contributed by atoms with Crippen LogP contribution in [0.1, 0.15) is 75.1 Å². The molecule has 0 spiro atoms. The Balaban J connectivity index is 1.87. The van der Waals surface area contributed by atoms with Gasteiger partial charge in [0.25, 0.3) is 0 Å². The second-order valence-corrected chi connectivity index (χ2v) is 7.17. The zero-order chi connectivity index (χ0) is 14.2. The largest absolute Gasteiger partial charge is 0.311 e. The van der Waals surface area contributed by atoms with E-state index in [0.29, 0.717) is 11.3 Å². The Morgan fingerprint density at radius 2 is 1.95 bits per heavy atom. The van der Waals surface area contributed by atoms with Crippen LogP contribution in [0.2, 0.25) is 0 Å². The third-order valence-electron chi connectivity index (χ3n) is 5.08. The van der Waals surface area contributed by atoms with Gasteiger partial charge in [-0.25, -0.2) is 9.97 Å². The van der Waals surface area contributed by atoms with Gasteiger partial charge in [0.2, 0.25) is 0 Å². The molecule has 3 rings (SSSR count). The molecule has 1 aromatic heterocycles. The first kappa shape index (κ1) is 14.0. The van der Waals surface area contributed by atoms with Crippen molar-refractivity contribution in [3.05, 3.63) is 22.8 Å². The molecule has 0 radical (unpaired) electrons. The molecule has 1 N–H and O–H groups in total. The summed E-state index contributed by atoms with van der Waals surface area (Å²) >= 11 is 0. The zero-order valence-corrected chi connectivity index (χ0v) is 13.1. The third kappa shape index (κ3) is 2.73. The minimum absolute atomic E-state index is 0.514. The molecule has 2 heterocycles. The normalized spacial score (nSPS) is 22.6. The van der Waals surface area contributed by atoms with Crippen molar-refractivity contribution < 1.29 is 0 Å². The smallest absolute Gasteiger partial charge is 0.132 e. The highest BCUT2D eigenvalue weighted by Crippen LogP contribution is 2.41. The average Bonchev–Trinajstić information content (AvgIpc) is 2.46. The standard InChI is InChI=1S/C17H27N3/c1-4-14-13-7-10-18-11-15(13)20-16(19-14)12-5-8-17(2,3)9-6-12/h12,18H,4-11H2,1-3H3. The first-order chi connectivity index (χ1) is 9.59. The maximum Gasteiger partial charge on any atom is 0.132 e. The van der Waals surface area contributed by atoms with Gasteiger partial charge in [0, 0.05) is 18.2 Å². The van der Waals surface area contributed by atoms with Crippen molar-refractivity contribution in [2.45, 2.75) is 71.8 Å². The lowest BCUT2D eigenvalue weighted by molar-refractivity contribution is 0.220.